The average Bonchev–Trinajstić information content (AvgIpc) is 2.09. The summed E-state index contributed by atoms with van der Waals surface area (Å²) in [5, 5.41) is 7.93. The molecule has 0 radical (unpaired) electrons. The standard InChI is InChI=1S/C9H12N2S/c1-8-5-6-9(11-10-8)4-2-3-7-12/h2,4-6,12H,3,7H2,1H3. The van der Waals surface area contributed by atoms with Crippen molar-refractivity contribution in [1.29, 1.82) is 0 Å². The van der Waals surface area contributed by atoms with Crippen molar-refractivity contribution in [1.82, 2.24) is 10.2 Å². The molecule has 0 aromatic carbocycles. The first-order valence-electron chi connectivity index (χ1n) is 3.90. The first kappa shape index (κ1) is 9.26. The third-order valence-corrected chi connectivity index (χ3v) is 1.66. The second-order valence-corrected chi connectivity index (χ2v) is 2.96. The molecule has 0 aliphatic rings. The molecule has 0 saturated carbocycles. The molecule has 0 aliphatic heterocycles. The average molecular weight is 180 g/mol. The van der Waals surface area contributed by atoms with Gasteiger partial charge in [0.1, 0.15) is 0 Å². The lowest BCUT2D eigenvalue weighted by Crippen LogP contribution is -1.87. The Labute approximate surface area is 78.1 Å². The van der Waals surface area contributed by atoms with Crippen molar-refractivity contribution in [2.24, 2.45) is 0 Å². The Kier molecular flexibility index (Phi) is 3.80. The van der Waals surface area contributed by atoms with Crippen molar-refractivity contribution in [2.45, 2.75) is 13.3 Å². The molecule has 1 heterocycles. The largest absolute Gasteiger partial charge is 0.179 e. The summed E-state index contributed by atoms with van der Waals surface area (Å²) in [7, 11) is 0. The van der Waals surface area contributed by atoms with Crippen LogP contribution in [-0.4, -0.2) is 16.0 Å². The summed E-state index contributed by atoms with van der Waals surface area (Å²) >= 11 is 4.10. The quantitative estimate of drug-likeness (QED) is 0.721. The number of hydrogen-bond acceptors (Lipinski definition) is 3. The fourth-order valence-electron chi connectivity index (χ4n) is 0.777. The Hall–Kier alpha value is -0.830. The lowest BCUT2D eigenvalue weighted by atomic mass is 10.3. The van der Waals surface area contributed by atoms with E-state index in [-0.39, 0.29) is 0 Å². The third-order valence-electron chi connectivity index (χ3n) is 1.40. The molecule has 0 atom stereocenters. The topological polar surface area (TPSA) is 25.8 Å². The summed E-state index contributed by atoms with van der Waals surface area (Å²) < 4.78 is 0. The van der Waals surface area contributed by atoms with Gasteiger partial charge in [0, 0.05) is 0 Å². The van der Waals surface area contributed by atoms with Crippen molar-refractivity contribution in [2.75, 3.05) is 5.75 Å². The Balaban J connectivity index is 2.58. The minimum atomic E-state index is 0.871. The maximum atomic E-state index is 4.10. The van der Waals surface area contributed by atoms with Gasteiger partial charge in [0.05, 0.1) is 11.4 Å². The molecule has 0 bridgehead atoms. The van der Waals surface area contributed by atoms with Gasteiger partial charge in [-0.05, 0) is 37.3 Å². The third kappa shape index (κ3) is 3.05. The van der Waals surface area contributed by atoms with Gasteiger partial charge in [-0.25, -0.2) is 0 Å². The maximum Gasteiger partial charge on any atom is 0.0854 e. The van der Waals surface area contributed by atoms with Gasteiger partial charge in [-0.2, -0.15) is 22.8 Å². The minimum Gasteiger partial charge on any atom is -0.179 e. The molecule has 2 nitrogen and oxygen atoms in total. The van der Waals surface area contributed by atoms with Crippen molar-refractivity contribution in [3.8, 4) is 0 Å². The summed E-state index contributed by atoms with van der Waals surface area (Å²) in [4.78, 5) is 0. The van der Waals surface area contributed by atoms with E-state index >= 15 is 0 Å². The summed E-state index contributed by atoms with van der Waals surface area (Å²) in [5.74, 6) is 0.871. The van der Waals surface area contributed by atoms with E-state index in [2.05, 4.69) is 22.8 Å². The second kappa shape index (κ2) is 4.93. The molecule has 0 aliphatic carbocycles. The van der Waals surface area contributed by atoms with Crippen molar-refractivity contribution in [3.63, 3.8) is 0 Å². The van der Waals surface area contributed by atoms with Crippen LogP contribution in [0.25, 0.3) is 6.08 Å². The van der Waals surface area contributed by atoms with Crippen LogP contribution in [0.1, 0.15) is 17.8 Å². The fraction of sp³-hybridized carbons (Fsp3) is 0.333. The first-order chi connectivity index (χ1) is 5.83. The Morgan fingerprint density at radius 1 is 1.42 bits per heavy atom. The van der Waals surface area contributed by atoms with Gasteiger partial charge in [-0.3, -0.25) is 0 Å². The van der Waals surface area contributed by atoms with Gasteiger partial charge >= 0.3 is 0 Å². The van der Waals surface area contributed by atoms with Gasteiger partial charge in [0.15, 0.2) is 0 Å². The number of hydrogen-bond donors (Lipinski definition) is 1. The summed E-state index contributed by atoms with van der Waals surface area (Å²) in [6.45, 7) is 1.92. The summed E-state index contributed by atoms with van der Waals surface area (Å²) in [6, 6.07) is 3.91. The van der Waals surface area contributed by atoms with Crippen LogP contribution in [-0.2, 0) is 0 Å². The number of rotatable bonds is 3. The van der Waals surface area contributed by atoms with Crippen LogP contribution in [0.2, 0.25) is 0 Å². The van der Waals surface area contributed by atoms with Gasteiger partial charge in [0.2, 0.25) is 0 Å². The molecule has 0 amide bonds. The highest BCUT2D eigenvalue weighted by Crippen LogP contribution is 1.98. The summed E-state index contributed by atoms with van der Waals surface area (Å²) in [6.07, 6.45) is 4.98. The van der Waals surface area contributed by atoms with Crippen LogP contribution >= 0.6 is 12.6 Å². The molecule has 64 valence electrons. The van der Waals surface area contributed by atoms with E-state index in [1.54, 1.807) is 0 Å². The molecule has 0 fully saturated rings. The number of allylic oxidation sites excluding steroid dienone is 1. The highest BCUT2D eigenvalue weighted by Gasteiger charge is 1.87. The Morgan fingerprint density at radius 2 is 2.25 bits per heavy atom. The molecule has 0 saturated heterocycles. The molecular weight excluding hydrogens is 168 g/mol. The number of nitrogens with zero attached hydrogens (tertiary/aromatic N) is 2. The molecule has 3 heteroatoms. The lowest BCUT2D eigenvalue weighted by Gasteiger charge is -1.91. The van der Waals surface area contributed by atoms with Crippen molar-refractivity contribution < 1.29 is 0 Å². The highest BCUT2D eigenvalue weighted by molar-refractivity contribution is 7.80. The Bertz CT molecular complexity index is 254. The second-order valence-electron chi connectivity index (χ2n) is 2.51. The monoisotopic (exact) mass is 180 g/mol. The highest BCUT2D eigenvalue weighted by atomic mass is 32.1. The SMILES string of the molecule is Cc1ccc(C=CCCS)nn1. The molecular formula is C9H12N2S. The van der Waals surface area contributed by atoms with Crippen LogP contribution in [0.5, 0.6) is 0 Å². The van der Waals surface area contributed by atoms with E-state index in [0.29, 0.717) is 0 Å². The first-order valence-corrected chi connectivity index (χ1v) is 4.54. The predicted molar refractivity (Wildman–Crippen MR) is 54.3 cm³/mol. The predicted octanol–water partition coefficient (Wildman–Crippen LogP) is 2.12. The van der Waals surface area contributed by atoms with Crippen LogP contribution in [0.4, 0.5) is 0 Å². The normalized spacial score (nSPS) is 10.8. The van der Waals surface area contributed by atoms with E-state index in [1.165, 1.54) is 0 Å². The van der Waals surface area contributed by atoms with Crippen molar-refractivity contribution in [3.05, 3.63) is 29.6 Å². The zero-order valence-corrected chi connectivity index (χ0v) is 7.96. The number of aromatic nitrogens is 2. The zero-order chi connectivity index (χ0) is 8.81. The van der Waals surface area contributed by atoms with E-state index in [9.17, 15) is 0 Å². The molecule has 0 unspecified atom stereocenters. The van der Waals surface area contributed by atoms with Crippen LogP contribution in [0.3, 0.4) is 0 Å². The van der Waals surface area contributed by atoms with E-state index in [1.807, 2.05) is 31.2 Å². The zero-order valence-electron chi connectivity index (χ0n) is 7.07. The molecule has 1 aromatic heterocycles. The molecule has 0 N–H and O–H groups in total. The van der Waals surface area contributed by atoms with E-state index in [4.69, 9.17) is 0 Å². The Morgan fingerprint density at radius 3 is 2.83 bits per heavy atom. The van der Waals surface area contributed by atoms with Gasteiger partial charge < -0.3 is 0 Å². The lowest BCUT2D eigenvalue weighted by molar-refractivity contribution is 0.969. The summed E-state index contributed by atoms with van der Waals surface area (Å²) in [5.41, 5.74) is 1.85. The molecule has 1 rings (SSSR count). The van der Waals surface area contributed by atoms with Gasteiger partial charge in [-0.1, -0.05) is 6.08 Å². The molecule has 1 aromatic rings. The maximum absolute atomic E-state index is 4.10. The molecule has 0 spiro atoms. The minimum absolute atomic E-state index is 0.871. The van der Waals surface area contributed by atoms with Gasteiger partial charge in [0.25, 0.3) is 0 Å². The van der Waals surface area contributed by atoms with E-state index < -0.39 is 0 Å². The van der Waals surface area contributed by atoms with E-state index in [0.717, 1.165) is 23.6 Å². The number of aryl methyl sites for hydroxylation is 1. The fourth-order valence-corrected chi connectivity index (χ4v) is 0.926. The van der Waals surface area contributed by atoms with Crippen molar-refractivity contribution >= 4 is 18.7 Å². The smallest absolute Gasteiger partial charge is 0.0854 e. The van der Waals surface area contributed by atoms with Crippen LogP contribution in [0, 0.1) is 6.92 Å². The van der Waals surface area contributed by atoms with Crippen LogP contribution in [0.15, 0.2) is 18.2 Å². The molecule has 12 heavy (non-hydrogen) atoms. The number of thiol groups is 1. The van der Waals surface area contributed by atoms with Crippen LogP contribution < -0.4 is 0 Å². The van der Waals surface area contributed by atoms with Gasteiger partial charge in [-0.15, -0.1) is 0 Å².